The number of carboxylic acid groups (broad SMARTS) is 1. The van der Waals surface area contributed by atoms with Crippen LogP contribution in [0.1, 0.15) is 38.5 Å². The molecule has 1 saturated carbocycles. The lowest BCUT2D eigenvalue weighted by molar-refractivity contribution is -0.185. The molecule has 2 fully saturated rings. The van der Waals surface area contributed by atoms with Crippen molar-refractivity contribution < 1.29 is 27.9 Å². The van der Waals surface area contributed by atoms with E-state index < -0.39 is 30.0 Å². The first-order chi connectivity index (χ1) is 9.30. The zero-order valence-electron chi connectivity index (χ0n) is 11.0. The van der Waals surface area contributed by atoms with Gasteiger partial charge in [-0.2, -0.15) is 13.2 Å². The third-order valence-electron chi connectivity index (χ3n) is 4.36. The molecule has 1 aliphatic heterocycles. The van der Waals surface area contributed by atoms with Crippen molar-refractivity contribution in [3.8, 4) is 0 Å². The smallest absolute Gasteiger partial charge is 0.391 e. The number of halogens is 3. The molecule has 1 unspecified atom stereocenters. The summed E-state index contributed by atoms with van der Waals surface area (Å²) in [5.41, 5.74) is 0. The summed E-state index contributed by atoms with van der Waals surface area (Å²) in [6.45, 7) is 0.398. The average Bonchev–Trinajstić information content (AvgIpc) is 2.86. The first kappa shape index (κ1) is 15.1. The summed E-state index contributed by atoms with van der Waals surface area (Å²) >= 11 is 0. The van der Waals surface area contributed by atoms with Gasteiger partial charge in [0.05, 0.1) is 5.92 Å². The second-order valence-corrected chi connectivity index (χ2v) is 5.62. The molecule has 1 saturated heterocycles. The number of alkyl halides is 3. The number of hydrogen-bond acceptors (Lipinski definition) is 2. The van der Waals surface area contributed by atoms with Crippen molar-refractivity contribution in [3.63, 3.8) is 0 Å². The van der Waals surface area contributed by atoms with E-state index in [1.807, 2.05) is 0 Å². The lowest BCUT2D eigenvalue weighted by Crippen LogP contribution is -2.44. The van der Waals surface area contributed by atoms with Gasteiger partial charge in [-0.05, 0) is 38.5 Å². The molecule has 0 spiro atoms. The van der Waals surface area contributed by atoms with E-state index in [4.69, 9.17) is 5.11 Å². The summed E-state index contributed by atoms with van der Waals surface area (Å²) in [5, 5.41) is 9.04. The summed E-state index contributed by atoms with van der Waals surface area (Å²) in [6, 6.07) is -0.803. The van der Waals surface area contributed by atoms with E-state index in [2.05, 4.69) is 0 Å². The van der Waals surface area contributed by atoms with E-state index in [1.54, 1.807) is 0 Å². The lowest BCUT2D eigenvalue weighted by Gasteiger charge is -2.32. The van der Waals surface area contributed by atoms with E-state index in [0.29, 0.717) is 19.4 Å². The monoisotopic (exact) mass is 293 g/mol. The van der Waals surface area contributed by atoms with Crippen LogP contribution in [-0.4, -0.2) is 40.6 Å². The molecule has 1 heterocycles. The van der Waals surface area contributed by atoms with Gasteiger partial charge in [0, 0.05) is 12.5 Å². The largest absolute Gasteiger partial charge is 0.480 e. The van der Waals surface area contributed by atoms with Crippen molar-refractivity contribution >= 4 is 11.9 Å². The highest BCUT2D eigenvalue weighted by Gasteiger charge is 2.44. The molecule has 1 amide bonds. The quantitative estimate of drug-likeness (QED) is 0.850. The third kappa shape index (κ3) is 3.07. The minimum absolute atomic E-state index is 0.0362. The number of carboxylic acids is 1. The molecular weight excluding hydrogens is 275 g/mol. The normalized spacial score (nSPS) is 31.4. The predicted octanol–water partition coefficient (Wildman–Crippen LogP) is 2.43. The van der Waals surface area contributed by atoms with Crippen molar-refractivity contribution in [2.45, 2.75) is 50.7 Å². The van der Waals surface area contributed by atoms with Gasteiger partial charge in [-0.1, -0.05) is 0 Å². The molecule has 2 rings (SSSR count). The van der Waals surface area contributed by atoms with Gasteiger partial charge in [-0.25, -0.2) is 4.79 Å². The molecule has 0 aromatic carbocycles. The van der Waals surface area contributed by atoms with E-state index in [0.717, 1.165) is 0 Å². The fraction of sp³-hybridized carbons (Fsp3) is 0.846. The minimum Gasteiger partial charge on any atom is -0.480 e. The van der Waals surface area contributed by atoms with Crippen LogP contribution in [0.3, 0.4) is 0 Å². The predicted molar refractivity (Wildman–Crippen MR) is 63.9 cm³/mol. The summed E-state index contributed by atoms with van der Waals surface area (Å²) in [4.78, 5) is 24.6. The highest BCUT2D eigenvalue weighted by molar-refractivity contribution is 5.85. The lowest BCUT2D eigenvalue weighted by atomic mass is 9.81. The molecule has 1 N–H and O–H groups in total. The highest BCUT2D eigenvalue weighted by atomic mass is 19.4. The van der Waals surface area contributed by atoms with Gasteiger partial charge in [-0.15, -0.1) is 0 Å². The zero-order chi connectivity index (χ0) is 14.9. The Hall–Kier alpha value is -1.27. The van der Waals surface area contributed by atoms with Crippen molar-refractivity contribution in [1.29, 1.82) is 0 Å². The Bertz CT molecular complexity index is 389. The molecule has 0 aromatic heterocycles. The van der Waals surface area contributed by atoms with E-state index in [-0.39, 0.29) is 31.6 Å². The number of amides is 1. The molecule has 1 atom stereocenters. The maximum absolute atomic E-state index is 12.6. The minimum atomic E-state index is -4.19. The van der Waals surface area contributed by atoms with Gasteiger partial charge in [0.15, 0.2) is 0 Å². The van der Waals surface area contributed by atoms with Gasteiger partial charge in [0.2, 0.25) is 5.91 Å². The van der Waals surface area contributed by atoms with E-state index in [9.17, 15) is 22.8 Å². The Labute approximate surface area is 114 Å². The number of likely N-dealkylation sites (tertiary alicyclic amines) is 1. The van der Waals surface area contributed by atoms with Crippen LogP contribution in [0.4, 0.5) is 13.2 Å². The molecule has 7 heteroatoms. The Balaban J connectivity index is 1.93. The van der Waals surface area contributed by atoms with Gasteiger partial charge in [-0.3, -0.25) is 4.79 Å². The summed E-state index contributed by atoms with van der Waals surface area (Å²) < 4.78 is 37.7. The molecule has 1 aliphatic carbocycles. The van der Waals surface area contributed by atoms with Crippen LogP contribution in [0.25, 0.3) is 0 Å². The summed E-state index contributed by atoms with van der Waals surface area (Å²) in [5.74, 6) is -3.08. The zero-order valence-corrected chi connectivity index (χ0v) is 11.0. The second-order valence-electron chi connectivity index (χ2n) is 5.62. The molecule has 0 radical (unpaired) electrons. The van der Waals surface area contributed by atoms with Crippen LogP contribution >= 0.6 is 0 Å². The van der Waals surface area contributed by atoms with Crippen LogP contribution in [0.2, 0.25) is 0 Å². The first-order valence-electron chi connectivity index (χ1n) is 6.90. The second kappa shape index (κ2) is 5.61. The number of hydrogen-bond donors (Lipinski definition) is 1. The van der Waals surface area contributed by atoms with E-state index >= 15 is 0 Å². The first-order valence-corrected chi connectivity index (χ1v) is 6.90. The molecular formula is C13H18F3NO3. The number of nitrogens with zero attached hydrogens (tertiary/aromatic N) is 1. The van der Waals surface area contributed by atoms with Crippen LogP contribution in [0.15, 0.2) is 0 Å². The number of carbonyl (C=O) groups excluding carboxylic acids is 1. The van der Waals surface area contributed by atoms with Crippen molar-refractivity contribution in [1.82, 2.24) is 4.90 Å². The van der Waals surface area contributed by atoms with Crippen LogP contribution < -0.4 is 0 Å². The molecule has 20 heavy (non-hydrogen) atoms. The number of aliphatic carboxylic acids is 1. The van der Waals surface area contributed by atoms with Gasteiger partial charge >= 0.3 is 12.1 Å². The summed E-state index contributed by atoms with van der Waals surface area (Å²) in [6.07, 6.45) is -2.79. The third-order valence-corrected chi connectivity index (χ3v) is 4.36. The average molecular weight is 293 g/mol. The van der Waals surface area contributed by atoms with Gasteiger partial charge < -0.3 is 10.0 Å². The molecule has 0 aromatic rings. The Morgan fingerprint density at radius 2 is 1.65 bits per heavy atom. The topological polar surface area (TPSA) is 57.6 Å². The fourth-order valence-corrected chi connectivity index (χ4v) is 3.19. The van der Waals surface area contributed by atoms with Crippen molar-refractivity contribution in [2.75, 3.05) is 6.54 Å². The maximum Gasteiger partial charge on any atom is 0.391 e. The Morgan fingerprint density at radius 1 is 1.05 bits per heavy atom. The standard InChI is InChI=1S/C13H18F3NO3/c14-13(15,16)9-5-3-8(4-6-9)11(18)17-7-1-2-10(17)12(19)20/h8-10H,1-7H2,(H,19,20). The van der Waals surface area contributed by atoms with Crippen molar-refractivity contribution in [2.24, 2.45) is 11.8 Å². The Morgan fingerprint density at radius 3 is 2.15 bits per heavy atom. The Kier molecular flexibility index (Phi) is 4.25. The van der Waals surface area contributed by atoms with Crippen LogP contribution in [0.5, 0.6) is 0 Å². The van der Waals surface area contributed by atoms with Gasteiger partial charge in [0.25, 0.3) is 0 Å². The fourth-order valence-electron chi connectivity index (χ4n) is 3.19. The number of carbonyl (C=O) groups is 2. The van der Waals surface area contributed by atoms with Gasteiger partial charge in [0.1, 0.15) is 6.04 Å². The number of rotatable bonds is 2. The van der Waals surface area contributed by atoms with Crippen molar-refractivity contribution in [3.05, 3.63) is 0 Å². The molecule has 0 bridgehead atoms. The van der Waals surface area contributed by atoms with Crippen LogP contribution in [0, 0.1) is 11.8 Å². The molecule has 114 valence electrons. The molecule has 2 aliphatic rings. The molecule has 4 nitrogen and oxygen atoms in total. The van der Waals surface area contributed by atoms with Crippen LogP contribution in [-0.2, 0) is 9.59 Å². The van der Waals surface area contributed by atoms with E-state index in [1.165, 1.54) is 4.90 Å². The summed E-state index contributed by atoms with van der Waals surface area (Å²) in [7, 11) is 0. The SMILES string of the molecule is O=C(O)C1CCCN1C(=O)C1CCC(C(F)(F)F)CC1. The highest BCUT2D eigenvalue weighted by Crippen LogP contribution is 2.40. The maximum atomic E-state index is 12.6.